The molecule has 0 saturated carbocycles. The second-order valence-corrected chi connectivity index (χ2v) is 7.26. The molecule has 1 fully saturated rings. The Labute approximate surface area is 147 Å². The molecule has 0 N–H and O–H groups in total. The molecule has 3 heterocycles. The minimum Gasteiger partial charge on any atom is -0.465 e. The first-order chi connectivity index (χ1) is 11.2. The summed E-state index contributed by atoms with van der Waals surface area (Å²) in [4.78, 5) is 25.3. The maximum absolute atomic E-state index is 11.7. The van der Waals surface area contributed by atoms with E-state index in [1.165, 1.54) is 18.4 Å². The van der Waals surface area contributed by atoms with E-state index in [9.17, 15) is 4.79 Å². The predicted molar refractivity (Wildman–Crippen MR) is 92.7 cm³/mol. The molecule has 1 saturated heterocycles. The highest BCUT2D eigenvalue weighted by molar-refractivity contribution is 7.18. The van der Waals surface area contributed by atoms with Gasteiger partial charge in [0, 0.05) is 38.1 Å². The molecule has 0 bridgehead atoms. The molecule has 0 aliphatic carbocycles. The van der Waals surface area contributed by atoms with Gasteiger partial charge in [-0.2, -0.15) is 0 Å². The topological polar surface area (TPSA) is 58.6 Å². The molecular formula is C14H17ClN4O2S2. The number of anilines is 1. The first-order valence-corrected chi connectivity index (χ1v) is 9.40. The number of carbonyl (C=O) groups is 1. The van der Waals surface area contributed by atoms with E-state index in [1.54, 1.807) is 11.3 Å². The molecule has 124 valence electrons. The van der Waals surface area contributed by atoms with E-state index >= 15 is 0 Å². The van der Waals surface area contributed by atoms with Crippen LogP contribution in [0.3, 0.4) is 0 Å². The summed E-state index contributed by atoms with van der Waals surface area (Å²) in [6.07, 6.45) is 1.04. The zero-order valence-corrected chi connectivity index (χ0v) is 15.1. The number of halogens is 1. The maximum Gasteiger partial charge on any atom is 0.351 e. The third-order valence-corrected chi connectivity index (χ3v) is 5.79. The van der Waals surface area contributed by atoms with Crippen molar-refractivity contribution in [2.45, 2.75) is 13.0 Å². The fraction of sp³-hybridized carbons (Fsp3) is 0.500. The Hall–Kier alpha value is -1.22. The molecule has 0 atom stereocenters. The number of methoxy groups -OCH3 is 1. The number of nitrogens with zero attached hydrogens (tertiary/aromatic N) is 4. The van der Waals surface area contributed by atoms with Crippen LogP contribution in [0.5, 0.6) is 0 Å². The lowest BCUT2D eigenvalue weighted by Crippen LogP contribution is -2.30. The first-order valence-electron chi connectivity index (χ1n) is 7.26. The highest BCUT2D eigenvalue weighted by Crippen LogP contribution is 2.30. The molecule has 0 aromatic carbocycles. The van der Waals surface area contributed by atoms with E-state index in [1.807, 2.05) is 5.51 Å². The monoisotopic (exact) mass is 372 g/mol. The summed E-state index contributed by atoms with van der Waals surface area (Å²) in [6.45, 7) is 4.59. The molecule has 1 aliphatic rings. The minimum absolute atomic E-state index is 0.223. The van der Waals surface area contributed by atoms with E-state index in [2.05, 4.69) is 25.1 Å². The van der Waals surface area contributed by atoms with Crippen molar-refractivity contribution in [2.75, 3.05) is 38.2 Å². The van der Waals surface area contributed by atoms with Crippen LogP contribution in [-0.2, 0) is 11.3 Å². The summed E-state index contributed by atoms with van der Waals surface area (Å²) >= 11 is 8.98. The summed E-state index contributed by atoms with van der Waals surface area (Å²) in [7, 11) is 1.35. The average molecular weight is 373 g/mol. The van der Waals surface area contributed by atoms with Crippen molar-refractivity contribution in [2.24, 2.45) is 0 Å². The van der Waals surface area contributed by atoms with Gasteiger partial charge in [-0.25, -0.2) is 14.8 Å². The summed E-state index contributed by atoms with van der Waals surface area (Å²) < 4.78 is 4.73. The third-order valence-electron chi connectivity index (χ3n) is 3.67. The lowest BCUT2D eigenvalue weighted by atomic mass is 10.3. The summed E-state index contributed by atoms with van der Waals surface area (Å²) in [5.41, 5.74) is 2.99. The molecule has 2 aromatic heterocycles. The number of aromatic nitrogens is 2. The number of rotatable bonds is 4. The van der Waals surface area contributed by atoms with E-state index in [-0.39, 0.29) is 5.15 Å². The molecule has 0 unspecified atom stereocenters. The van der Waals surface area contributed by atoms with Gasteiger partial charge < -0.3 is 9.64 Å². The van der Waals surface area contributed by atoms with Gasteiger partial charge in [0.25, 0.3) is 0 Å². The van der Waals surface area contributed by atoms with Crippen LogP contribution in [0.2, 0.25) is 5.15 Å². The van der Waals surface area contributed by atoms with Gasteiger partial charge in [0.05, 0.1) is 18.3 Å². The minimum atomic E-state index is -0.432. The molecule has 0 radical (unpaired) electrons. The Morgan fingerprint density at radius 1 is 1.39 bits per heavy atom. The maximum atomic E-state index is 11.7. The van der Waals surface area contributed by atoms with Crippen LogP contribution in [0.1, 0.15) is 21.8 Å². The lowest BCUT2D eigenvalue weighted by molar-refractivity contribution is 0.0606. The largest absolute Gasteiger partial charge is 0.465 e. The van der Waals surface area contributed by atoms with Crippen LogP contribution in [0, 0.1) is 0 Å². The Bertz CT molecular complexity index is 662. The summed E-state index contributed by atoms with van der Waals surface area (Å²) in [5, 5.41) is 3.10. The zero-order chi connectivity index (χ0) is 16.2. The number of thiazole rings is 2. The molecule has 3 rings (SSSR count). The molecule has 1 aliphatic heterocycles. The molecule has 2 aromatic rings. The van der Waals surface area contributed by atoms with E-state index in [0.717, 1.165) is 50.0 Å². The number of esters is 1. The molecule has 9 heteroatoms. The van der Waals surface area contributed by atoms with Gasteiger partial charge in [-0.05, 0) is 6.42 Å². The normalized spacial score (nSPS) is 16.3. The van der Waals surface area contributed by atoms with Crippen LogP contribution in [0.25, 0.3) is 0 Å². The number of hydrogen-bond donors (Lipinski definition) is 0. The Morgan fingerprint density at radius 2 is 2.26 bits per heavy atom. The van der Waals surface area contributed by atoms with Gasteiger partial charge >= 0.3 is 5.97 Å². The van der Waals surface area contributed by atoms with E-state index < -0.39 is 5.97 Å². The van der Waals surface area contributed by atoms with Gasteiger partial charge in [-0.1, -0.05) is 22.9 Å². The van der Waals surface area contributed by atoms with Crippen LogP contribution in [0.15, 0.2) is 10.9 Å². The SMILES string of the molecule is COC(=O)c1sc(N2CCCN(Cc3cscn3)CC2)nc1Cl. The predicted octanol–water partition coefficient (Wildman–Crippen LogP) is 2.75. The Morgan fingerprint density at radius 3 is 3.00 bits per heavy atom. The molecule has 0 spiro atoms. The highest BCUT2D eigenvalue weighted by Gasteiger charge is 2.22. The third kappa shape index (κ3) is 4.00. The number of ether oxygens (including phenoxy) is 1. The van der Waals surface area contributed by atoms with Gasteiger partial charge in [-0.15, -0.1) is 11.3 Å². The summed E-state index contributed by atoms with van der Waals surface area (Å²) in [6, 6.07) is 0. The van der Waals surface area contributed by atoms with Crippen molar-refractivity contribution in [1.29, 1.82) is 0 Å². The average Bonchev–Trinajstić information content (AvgIpc) is 3.12. The van der Waals surface area contributed by atoms with Gasteiger partial charge in [0.15, 0.2) is 15.2 Å². The number of carbonyl (C=O) groups excluding carboxylic acids is 1. The fourth-order valence-electron chi connectivity index (χ4n) is 2.51. The number of hydrogen-bond acceptors (Lipinski definition) is 8. The van der Waals surface area contributed by atoms with E-state index in [0.29, 0.717) is 4.88 Å². The molecule has 6 nitrogen and oxygen atoms in total. The second-order valence-electron chi connectivity index (χ2n) is 5.20. The van der Waals surface area contributed by atoms with Crippen molar-refractivity contribution in [3.05, 3.63) is 26.6 Å². The Balaban J connectivity index is 1.65. The van der Waals surface area contributed by atoms with Crippen LogP contribution in [-0.4, -0.2) is 54.1 Å². The summed E-state index contributed by atoms with van der Waals surface area (Å²) in [5.74, 6) is -0.432. The Kier molecular flexibility index (Phi) is 5.47. The van der Waals surface area contributed by atoms with Crippen molar-refractivity contribution < 1.29 is 9.53 Å². The zero-order valence-electron chi connectivity index (χ0n) is 12.7. The van der Waals surface area contributed by atoms with Crippen molar-refractivity contribution in [1.82, 2.24) is 14.9 Å². The highest BCUT2D eigenvalue weighted by atomic mass is 35.5. The first kappa shape index (κ1) is 16.6. The van der Waals surface area contributed by atoms with Crippen LogP contribution >= 0.6 is 34.3 Å². The molecule has 23 heavy (non-hydrogen) atoms. The van der Waals surface area contributed by atoms with Crippen molar-refractivity contribution >= 4 is 45.4 Å². The second kappa shape index (κ2) is 7.57. The van der Waals surface area contributed by atoms with Gasteiger partial charge in [-0.3, -0.25) is 4.90 Å². The van der Waals surface area contributed by atoms with Crippen LogP contribution in [0.4, 0.5) is 5.13 Å². The van der Waals surface area contributed by atoms with Crippen molar-refractivity contribution in [3.63, 3.8) is 0 Å². The standard InChI is InChI=1S/C14H17ClN4O2S2/c1-21-13(20)11-12(15)17-14(23-11)19-4-2-3-18(5-6-19)7-10-8-22-9-16-10/h8-9H,2-7H2,1H3. The molecular weight excluding hydrogens is 356 g/mol. The van der Waals surface area contributed by atoms with Crippen LogP contribution < -0.4 is 4.90 Å². The fourth-order valence-corrected chi connectivity index (χ4v) is 4.31. The lowest BCUT2D eigenvalue weighted by Gasteiger charge is -2.20. The smallest absolute Gasteiger partial charge is 0.351 e. The quantitative estimate of drug-likeness (QED) is 0.769. The molecule has 0 amide bonds. The van der Waals surface area contributed by atoms with Gasteiger partial charge in [0.2, 0.25) is 0 Å². The van der Waals surface area contributed by atoms with E-state index in [4.69, 9.17) is 16.3 Å². The van der Waals surface area contributed by atoms with Gasteiger partial charge in [0.1, 0.15) is 0 Å². The van der Waals surface area contributed by atoms with Crippen molar-refractivity contribution in [3.8, 4) is 0 Å².